The third kappa shape index (κ3) is 3.75. The highest BCUT2D eigenvalue weighted by Crippen LogP contribution is 2.16. The van der Waals surface area contributed by atoms with E-state index in [4.69, 9.17) is 10.2 Å². The number of nitrogens with two attached hydrogens (primary N) is 1. The summed E-state index contributed by atoms with van der Waals surface area (Å²) in [6, 6.07) is 1.56. The van der Waals surface area contributed by atoms with Crippen molar-refractivity contribution in [3.8, 4) is 0 Å². The third-order valence-corrected chi connectivity index (χ3v) is 2.36. The van der Waals surface area contributed by atoms with Crippen LogP contribution in [0, 0.1) is 0 Å². The molecule has 15 heavy (non-hydrogen) atoms. The van der Waals surface area contributed by atoms with Gasteiger partial charge in [-0.25, -0.2) is 0 Å². The number of carbonyl (C=O) groups excluding carboxylic acids is 2. The van der Waals surface area contributed by atoms with Crippen LogP contribution in [0.3, 0.4) is 0 Å². The molecule has 0 bridgehead atoms. The van der Waals surface area contributed by atoms with Gasteiger partial charge in [0.2, 0.25) is 5.91 Å². The molecule has 0 atom stereocenters. The fourth-order valence-corrected chi connectivity index (χ4v) is 1.44. The van der Waals surface area contributed by atoms with Crippen molar-refractivity contribution < 1.29 is 14.0 Å². The van der Waals surface area contributed by atoms with Gasteiger partial charge in [0.1, 0.15) is 0 Å². The lowest BCUT2D eigenvalue weighted by atomic mass is 10.3. The van der Waals surface area contributed by atoms with Crippen LogP contribution < -0.4 is 11.1 Å². The molecular formula is C9H11BrN2O3. The molecule has 1 heterocycles. The highest BCUT2D eigenvalue weighted by atomic mass is 79.9. The Morgan fingerprint density at radius 1 is 1.53 bits per heavy atom. The van der Waals surface area contributed by atoms with Crippen molar-refractivity contribution in [1.82, 2.24) is 5.32 Å². The van der Waals surface area contributed by atoms with Crippen LogP contribution in [0.5, 0.6) is 0 Å². The molecule has 0 unspecified atom stereocenters. The van der Waals surface area contributed by atoms with E-state index in [0.29, 0.717) is 23.2 Å². The molecule has 0 aliphatic rings. The fourth-order valence-electron chi connectivity index (χ4n) is 1.02. The van der Waals surface area contributed by atoms with E-state index < -0.39 is 0 Å². The van der Waals surface area contributed by atoms with Crippen LogP contribution in [-0.4, -0.2) is 18.4 Å². The highest BCUT2D eigenvalue weighted by Gasteiger charge is 2.11. The van der Waals surface area contributed by atoms with Gasteiger partial charge < -0.3 is 15.5 Å². The molecule has 5 nitrogen and oxygen atoms in total. The molecule has 0 spiro atoms. The van der Waals surface area contributed by atoms with E-state index in [1.165, 1.54) is 6.26 Å². The summed E-state index contributed by atoms with van der Waals surface area (Å²) in [4.78, 5) is 21.9. The number of primary amides is 1. The lowest BCUT2D eigenvalue weighted by Gasteiger charge is -2.02. The Kier molecular flexibility index (Phi) is 4.36. The van der Waals surface area contributed by atoms with Crippen molar-refractivity contribution in [1.29, 1.82) is 0 Å². The molecule has 2 amide bonds. The quantitative estimate of drug-likeness (QED) is 0.787. The molecule has 1 aromatic rings. The van der Waals surface area contributed by atoms with Crippen LogP contribution in [0.4, 0.5) is 0 Å². The monoisotopic (exact) mass is 274 g/mol. The molecule has 0 aromatic carbocycles. The summed E-state index contributed by atoms with van der Waals surface area (Å²) >= 11 is 3.10. The molecular weight excluding hydrogens is 264 g/mol. The summed E-state index contributed by atoms with van der Waals surface area (Å²) in [7, 11) is 0. The average molecular weight is 275 g/mol. The van der Waals surface area contributed by atoms with Crippen LogP contribution >= 0.6 is 15.9 Å². The Bertz CT molecular complexity index is 362. The lowest BCUT2D eigenvalue weighted by molar-refractivity contribution is -0.118. The van der Waals surface area contributed by atoms with E-state index in [2.05, 4.69) is 21.2 Å². The van der Waals surface area contributed by atoms with E-state index in [0.717, 1.165) is 0 Å². The molecule has 0 aliphatic heterocycles. The average Bonchev–Trinajstić information content (AvgIpc) is 2.58. The van der Waals surface area contributed by atoms with Gasteiger partial charge in [0.25, 0.3) is 5.91 Å². The van der Waals surface area contributed by atoms with Crippen molar-refractivity contribution in [2.24, 2.45) is 5.73 Å². The van der Waals surface area contributed by atoms with Gasteiger partial charge in [-0.2, -0.15) is 0 Å². The van der Waals surface area contributed by atoms with Crippen molar-refractivity contribution >= 4 is 27.7 Å². The zero-order valence-corrected chi connectivity index (χ0v) is 9.54. The van der Waals surface area contributed by atoms with E-state index in [9.17, 15) is 9.59 Å². The SMILES string of the molecule is NC(=O)CCCNC(=O)c1ccoc1Br. The molecule has 0 aliphatic carbocycles. The maximum absolute atomic E-state index is 11.5. The summed E-state index contributed by atoms with van der Waals surface area (Å²) in [6.07, 6.45) is 2.23. The van der Waals surface area contributed by atoms with Crippen LogP contribution in [0.2, 0.25) is 0 Å². The minimum Gasteiger partial charge on any atom is -0.457 e. The second-order valence-corrected chi connectivity index (χ2v) is 3.65. The van der Waals surface area contributed by atoms with E-state index in [1.54, 1.807) is 6.07 Å². The van der Waals surface area contributed by atoms with Crippen LogP contribution in [-0.2, 0) is 4.79 Å². The predicted octanol–water partition coefficient (Wildman–Crippen LogP) is 1.04. The van der Waals surface area contributed by atoms with Crippen molar-refractivity contribution in [3.63, 3.8) is 0 Å². The summed E-state index contributed by atoms with van der Waals surface area (Å²) in [5.74, 6) is -0.603. The van der Waals surface area contributed by atoms with E-state index >= 15 is 0 Å². The maximum Gasteiger partial charge on any atom is 0.255 e. The molecule has 0 saturated heterocycles. The maximum atomic E-state index is 11.5. The first-order chi connectivity index (χ1) is 7.11. The number of amides is 2. The lowest BCUT2D eigenvalue weighted by Crippen LogP contribution is -2.25. The predicted molar refractivity (Wildman–Crippen MR) is 57.2 cm³/mol. The Balaban J connectivity index is 2.31. The second-order valence-electron chi connectivity index (χ2n) is 2.93. The molecule has 1 aromatic heterocycles. The molecule has 6 heteroatoms. The standard InChI is InChI=1S/C9H11BrN2O3/c10-8-6(3-5-15-8)9(14)12-4-1-2-7(11)13/h3,5H,1-2,4H2,(H2,11,13)(H,12,14). The topological polar surface area (TPSA) is 85.3 Å². The zero-order valence-electron chi connectivity index (χ0n) is 7.96. The van der Waals surface area contributed by atoms with Gasteiger partial charge in [-0.05, 0) is 28.4 Å². The number of halogens is 1. The van der Waals surface area contributed by atoms with Crippen molar-refractivity contribution in [2.75, 3.05) is 6.54 Å². The summed E-state index contributed by atoms with van der Waals surface area (Å²) in [5.41, 5.74) is 5.39. The first-order valence-electron chi connectivity index (χ1n) is 4.40. The molecule has 82 valence electrons. The van der Waals surface area contributed by atoms with Crippen molar-refractivity contribution in [3.05, 3.63) is 22.6 Å². The van der Waals surface area contributed by atoms with Crippen LogP contribution in [0.15, 0.2) is 21.4 Å². The Morgan fingerprint density at radius 2 is 2.27 bits per heavy atom. The van der Waals surface area contributed by atoms with Gasteiger partial charge >= 0.3 is 0 Å². The zero-order chi connectivity index (χ0) is 11.3. The Morgan fingerprint density at radius 3 is 2.80 bits per heavy atom. The van der Waals surface area contributed by atoms with Crippen molar-refractivity contribution in [2.45, 2.75) is 12.8 Å². The van der Waals surface area contributed by atoms with Gasteiger partial charge in [-0.1, -0.05) is 0 Å². The number of hydrogen-bond acceptors (Lipinski definition) is 3. The number of nitrogens with one attached hydrogen (secondary N) is 1. The normalized spacial score (nSPS) is 9.93. The van der Waals surface area contributed by atoms with Gasteiger partial charge in [0, 0.05) is 13.0 Å². The smallest absolute Gasteiger partial charge is 0.255 e. The second kappa shape index (κ2) is 5.55. The van der Waals surface area contributed by atoms with Crippen LogP contribution in [0.25, 0.3) is 0 Å². The number of carbonyl (C=O) groups is 2. The number of hydrogen-bond donors (Lipinski definition) is 2. The van der Waals surface area contributed by atoms with Gasteiger partial charge in [-0.15, -0.1) is 0 Å². The molecule has 1 rings (SSSR count). The van der Waals surface area contributed by atoms with Gasteiger partial charge in [0.15, 0.2) is 4.67 Å². The summed E-state index contributed by atoms with van der Waals surface area (Å²) in [6.45, 7) is 0.416. The Hall–Kier alpha value is -1.30. The third-order valence-electron chi connectivity index (χ3n) is 1.75. The molecule has 3 N–H and O–H groups in total. The summed E-state index contributed by atoms with van der Waals surface area (Å²) < 4.78 is 5.31. The molecule has 0 fully saturated rings. The number of rotatable bonds is 5. The van der Waals surface area contributed by atoms with Crippen LogP contribution in [0.1, 0.15) is 23.2 Å². The minimum absolute atomic E-state index is 0.236. The first-order valence-corrected chi connectivity index (χ1v) is 5.20. The Labute approximate surface area is 95.1 Å². The summed E-state index contributed by atoms with van der Waals surface area (Å²) in [5, 5.41) is 2.64. The van der Waals surface area contributed by atoms with E-state index in [-0.39, 0.29) is 18.2 Å². The largest absolute Gasteiger partial charge is 0.457 e. The fraction of sp³-hybridized carbons (Fsp3) is 0.333. The number of furan rings is 1. The van der Waals surface area contributed by atoms with Gasteiger partial charge in [0.05, 0.1) is 11.8 Å². The first kappa shape index (κ1) is 11.8. The molecule has 0 saturated carbocycles. The molecule has 0 radical (unpaired) electrons. The van der Waals surface area contributed by atoms with E-state index in [1.807, 2.05) is 0 Å². The highest BCUT2D eigenvalue weighted by molar-refractivity contribution is 9.10. The minimum atomic E-state index is -0.367. The van der Waals surface area contributed by atoms with Gasteiger partial charge in [-0.3, -0.25) is 9.59 Å².